The number of benzene rings is 2. The molecule has 134 valence electrons. The lowest BCUT2D eigenvalue weighted by molar-refractivity contribution is -0.137. The number of aromatic nitrogens is 3. The summed E-state index contributed by atoms with van der Waals surface area (Å²) in [6, 6.07) is 13.1. The summed E-state index contributed by atoms with van der Waals surface area (Å²) in [7, 11) is 0. The Labute approximate surface area is 147 Å². The number of halogens is 3. The molecule has 0 aliphatic carbocycles. The molecule has 8 heteroatoms. The molecule has 0 aliphatic rings. The summed E-state index contributed by atoms with van der Waals surface area (Å²) in [6.07, 6.45) is -1.63. The molecule has 0 saturated heterocycles. The van der Waals surface area contributed by atoms with Crippen LogP contribution in [0.3, 0.4) is 0 Å². The Morgan fingerprint density at radius 3 is 2.27 bits per heavy atom. The lowest BCUT2D eigenvalue weighted by Gasteiger charge is -2.20. The van der Waals surface area contributed by atoms with E-state index in [4.69, 9.17) is 0 Å². The maximum atomic E-state index is 13.2. The summed E-state index contributed by atoms with van der Waals surface area (Å²) in [5.74, 6) is -0.807. The summed E-state index contributed by atoms with van der Waals surface area (Å²) in [5, 5.41) is 10.6. The van der Waals surface area contributed by atoms with Crippen molar-refractivity contribution < 1.29 is 18.0 Å². The highest BCUT2D eigenvalue weighted by Crippen LogP contribution is 2.32. The molecule has 26 heavy (non-hydrogen) atoms. The van der Waals surface area contributed by atoms with Crippen molar-refractivity contribution in [3.8, 4) is 0 Å². The van der Waals surface area contributed by atoms with E-state index in [1.54, 1.807) is 24.3 Å². The van der Waals surface area contributed by atoms with Crippen LogP contribution in [0.5, 0.6) is 0 Å². The Bertz CT molecular complexity index is 864. The van der Waals surface area contributed by atoms with Crippen LogP contribution in [-0.4, -0.2) is 20.9 Å². The summed E-state index contributed by atoms with van der Waals surface area (Å²) in [4.78, 5) is 13.9. The molecule has 1 unspecified atom stereocenters. The zero-order valence-corrected chi connectivity index (χ0v) is 13.5. The number of carbonyl (C=O) groups excluding carboxylic acids is 1. The molecule has 3 aromatic rings. The molecule has 1 aromatic heterocycles. The van der Waals surface area contributed by atoms with Crippen LogP contribution in [0.15, 0.2) is 67.0 Å². The minimum Gasteiger partial charge on any atom is -0.343 e. The van der Waals surface area contributed by atoms with Crippen molar-refractivity contribution in [3.05, 3.63) is 83.7 Å². The van der Waals surface area contributed by atoms with Crippen molar-refractivity contribution in [1.82, 2.24) is 20.3 Å². The van der Waals surface area contributed by atoms with Crippen molar-refractivity contribution in [2.75, 3.05) is 0 Å². The highest BCUT2D eigenvalue weighted by atomic mass is 19.4. The van der Waals surface area contributed by atoms with Gasteiger partial charge in [0, 0.05) is 0 Å². The zero-order chi connectivity index (χ0) is 18.6. The summed E-state index contributed by atoms with van der Waals surface area (Å²) in [5.41, 5.74) is -0.654. The average molecular weight is 360 g/mol. The Balaban J connectivity index is 1.89. The normalized spacial score (nSPS) is 12.6. The van der Waals surface area contributed by atoms with Gasteiger partial charge in [0.25, 0.3) is 5.91 Å². The minimum atomic E-state index is -4.61. The van der Waals surface area contributed by atoms with Crippen LogP contribution >= 0.6 is 0 Å². The molecule has 2 aromatic carbocycles. The molecule has 1 amide bonds. The number of nitrogens with zero attached hydrogens (tertiary/aromatic N) is 3. The molecule has 0 saturated carbocycles. The van der Waals surface area contributed by atoms with E-state index in [9.17, 15) is 18.0 Å². The maximum Gasteiger partial charge on any atom is 0.417 e. The molecule has 0 bridgehead atoms. The van der Waals surface area contributed by atoms with Gasteiger partial charge in [0.05, 0.1) is 36.1 Å². The van der Waals surface area contributed by atoms with Crippen molar-refractivity contribution >= 4 is 5.91 Å². The van der Waals surface area contributed by atoms with Crippen LogP contribution < -0.4 is 5.32 Å². The largest absolute Gasteiger partial charge is 0.417 e. The first kappa shape index (κ1) is 17.7. The van der Waals surface area contributed by atoms with E-state index in [1.807, 2.05) is 6.07 Å². The standard InChI is InChI=1S/C18H15F3N4O/c19-18(20,21)15-9-5-4-8-14(15)17(26)24-16(12-25-22-10-11-23-25)13-6-2-1-3-7-13/h1-11,16H,12H2,(H,24,26). The van der Waals surface area contributed by atoms with Crippen LogP contribution in [0.4, 0.5) is 13.2 Å². The van der Waals surface area contributed by atoms with Gasteiger partial charge in [-0.2, -0.15) is 28.2 Å². The molecule has 5 nitrogen and oxygen atoms in total. The van der Waals surface area contributed by atoms with E-state index < -0.39 is 29.3 Å². The number of hydrogen-bond acceptors (Lipinski definition) is 3. The van der Waals surface area contributed by atoms with Crippen LogP contribution in [0, 0.1) is 0 Å². The third kappa shape index (κ3) is 4.08. The van der Waals surface area contributed by atoms with Crippen molar-refractivity contribution in [2.45, 2.75) is 18.8 Å². The summed E-state index contributed by atoms with van der Waals surface area (Å²) >= 11 is 0. The summed E-state index contributed by atoms with van der Waals surface area (Å²) < 4.78 is 39.5. The lowest BCUT2D eigenvalue weighted by Crippen LogP contribution is -2.33. The number of rotatable bonds is 5. The lowest BCUT2D eigenvalue weighted by atomic mass is 10.0. The Kier molecular flexibility index (Phi) is 5.01. The van der Waals surface area contributed by atoms with Gasteiger partial charge < -0.3 is 5.32 Å². The molecule has 0 spiro atoms. The second kappa shape index (κ2) is 7.38. The maximum absolute atomic E-state index is 13.2. The predicted octanol–water partition coefficient (Wildman–Crippen LogP) is 3.47. The molecular weight excluding hydrogens is 345 g/mol. The highest BCUT2D eigenvalue weighted by Gasteiger charge is 2.35. The van der Waals surface area contributed by atoms with Crippen LogP contribution in [0.2, 0.25) is 0 Å². The molecule has 1 N–H and O–H groups in total. The molecular formula is C18H15F3N4O. The van der Waals surface area contributed by atoms with Gasteiger partial charge in [0.1, 0.15) is 0 Å². The first-order valence-electron chi connectivity index (χ1n) is 7.81. The second-order valence-corrected chi connectivity index (χ2v) is 5.56. The van der Waals surface area contributed by atoms with Gasteiger partial charge in [0.2, 0.25) is 0 Å². The van der Waals surface area contributed by atoms with Crippen molar-refractivity contribution in [1.29, 1.82) is 0 Å². The number of hydrogen-bond donors (Lipinski definition) is 1. The number of amides is 1. The SMILES string of the molecule is O=C(NC(Cn1nccn1)c1ccccc1)c1ccccc1C(F)(F)F. The quantitative estimate of drug-likeness (QED) is 0.758. The Hall–Kier alpha value is -3.16. The second-order valence-electron chi connectivity index (χ2n) is 5.56. The highest BCUT2D eigenvalue weighted by molar-refractivity contribution is 5.96. The Morgan fingerprint density at radius 1 is 1.00 bits per heavy atom. The predicted molar refractivity (Wildman–Crippen MR) is 88.1 cm³/mol. The van der Waals surface area contributed by atoms with E-state index in [2.05, 4.69) is 15.5 Å². The van der Waals surface area contributed by atoms with Crippen molar-refractivity contribution in [3.63, 3.8) is 0 Å². The van der Waals surface area contributed by atoms with Crippen LogP contribution in [-0.2, 0) is 12.7 Å². The third-order valence-electron chi connectivity index (χ3n) is 3.80. The van der Waals surface area contributed by atoms with Gasteiger partial charge in [-0.05, 0) is 17.7 Å². The van der Waals surface area contributed by atoms with Crippen molar-refractivity contribution in [2.24, 2.45) is 0 Å². The minimum absolute atomic E-state index is 0.191. The van der Waals surface area contributed by atoms with Gasteiger partial charge in [-0.3, -0.25) is 4.79 Å². The number of carbonyl (C=O) groups is 1. The number of alkyl halides is 3. The van der Waals surface area contributed by atoms with Gasteiger partial charge in [-0.15, -0.1) is 0 Å². The van der Waals surface area contributed by atoms with Gasteiger partial charge in [-0.1, -0.05) is 42.5 Å². The first-order chi connectivity index (χ1) is 12.4. The van der Waals surface area contributed by atoms with Gasteiger partial charge >= 0.3 is 6.18 Å². The summed E-state index contributed by atoms with van der Waals surface area (Å²) in [6.45, 7) is 0.191. The molecule has 1 atom stereocenters. The molecule has 3 rings (SSSR count). The molecule has 0 radical (unpaired) electrons. The average Bonchev–Trinajstić information content (AvgIpc) is 3.14. The van der Waals surface area contributed by atoms with Gasteiger partial charge in [-0.25, -0.2) is 0 Å². The van der Waals surface area contributed by atoms with E-state index >= 15 is 0 Å². The topological polar surface area (TPSA) is 59.8 Å². The molecule has 0 aliphatic heterocycles. The van der Waals surface area contributed by atoms with E-state index in [0.29, 0.717) is 0 Å². The fraction of sp³-hybridized carbons (Fsp3) is 0.167. The fourth-order valence-corrected chi connectivity index (χ4v) is 2.58. The molecule has 0 fully saturated rings. The van der Waals surface area contributed by atoms with E-state index in [1.165, 1.54) is 29.3 Å². The van der Waals surface area contributed by atoms with E-state index in [-0.39, 0.29) is 6.54 Å². The number of nitrogens with one attached hydrogen (secondary N) is 1. The van der Waals surface area contributed by atoms with E-state index in [0.717, 1.165) is 17.7 Å². The zero-order valence-electron chi connectivity index (χ0n) is 13.5. The molecule has 1 heterocycles. The Morgan fingerprint density at radius 2 is 1.62 bits per heavy atom. The fourth-order valence-electron chi connectivity index (χ4n) is 2.58. The third-order valence-corrected chi connectivity index (χ3v) is 3.80. The first-order valence-corrected chi connectivity index (χ1v) is 7.81. The van der Waals surface area contributed by atoms with Crippen LogP contribution in [0.25, 0.3) is 0 Å². The van der Waals surface area contributed by atoms with Gasteiger partial charge in [0.15, 0.2) is 0 Å². The monoisotopic (exact) mass is 360 g/mol. The van der Waals surface area contributed by atoms with Crippen LogP contribution in [0.1, 0.15) is 27.5 Å². The smallest absolute Gasteiger partial charge is 0.343 e.